The van der Waals surface area contributed by atoms with E-state index in [0.717, 1.165) is 5.56 Å². The van der Waals surface area contributed by atoms with Gasteiger partial charge in [-0.25, -0.2) is 0 Å². The minimum atomic E-state index is -0.444. The summed E-state index contributed by atoms with van der Waals surface area (Å²) in [6.45, 7) is 1.92. The van der Waals surface area contributed by atoms with Crippen molar-refractivity contribution in [2.24, 2.45) is 0 Å². The highest BCUT2D eigenvalue weighted by Crippen LogP contribution is 2.04. The Morgan fingerprint density at radius 1 is 0.857 bits per heavy atom. The lowest BCUT2D eigenvalue weighted by molar-refractivity contribution is 0.0846. The molecule has 0 spiro atoms. The number of nitrogens with one attached hydrogen (secondary N) is 2. The van der Waals surface area contributed by atoms with E-state index in [9.17, 15) is 9.59 Å². The number of carbonyl (C=O) groups excluding carboxylic acids is 2. The van der Waals surface area contributed by atoms with Crippen LogP contribution in [0.4, 0.5) is 0 Å². The summed E-state index contributed by atoms with van der Waals surface area (Å²) in [5.41, 5.74) is 7.01. The van der Waals surface area contributed by atoms with Gasteiger partial charge in [0.1, 0.15) is 0 Å². The molecular weight excluding hydrogens is 266 g/mol. The van der Waals surface area contributed by atoms with Gasteiger partial charge in [0.05, 0.1) is 11.6 Å². The lowest BCUT2D eigenvalue weighted by atomic mass is 10.1. The van der Waals surface area contributed by atoms with Gasteiger partial charge in [-0.15, -0.1) is 0 Å². The molecule has 2 N–H and O–H groups in total. The van der Waals surface area contributed by atoms with Gasteiger partial charge in [0.2, 0.25) is 0 Å². The van der Waals surface area contributed by atoms with Crippen molar-refractivity contribution in [3.63, 3.8) is 0 Å². The molecule has 0 unspecified atom stereocenters. The molecule has 0 saturated heterocycles. The molecular formula is C16H13N3O2. The third-order valence-corrected chi connectivity index (χ3v) is 2.88. The summed E-state index contributed by atoms with van der Waals surface area (Å²) in [4.78, 5) is 23.6. The molecule has 0 heterocycles. The van der Waals surface area contributed by atoms with Crippen molar-refractivity contribution in [3.05, 3.63) is 70.8 Å². The number of amides is 2. The fraction of sp³-hybridized carbons (Fsp3) is 0.0625. The molecule has 0 radical (unpaired) electrons. The van der Waals surface area contributed by atoms with Gasteiger partial charge in [-0.05, 0) is 43.3 Å². The average Bonchev–Trinajstić information content (AvgIpc) is 2.53. The van der Waals surface area contributed by atoms with Gasteiger partial charge in [-0.1, -0.05) is 17.7 Å². The third kappa shape index (κ3) is 3.67. The Labute approximate surface area is 122 Å². The zero-order valence-corrected chi connectivity index (χ0v) is 11.4. The van der Waals surface area contributed by atoms with Crippen LogP contribution in [0.15, 0.2) is 48.5 Å². The van der Waals surface area contributed by atoms with Gasteiger partial charge in [0.25, 0.3) is 11.8 Å². The lowest BCUT2D eigenvalue weighted by Crippen LogP contribution is -2.41. The van der Waals surface area contributed by atoms with E-state index in [4.69, 9.17) is 5.26 Å². The van der Waals surface area contributed by atoms with Crippen LogP contribution in [0.25, 0.3) is 0 Å². The number of nitriles is 1. The van der Waals surface area contributed by atoms with E-state index in [1.54, 1.807) is 12.1 Å². The maximum Gasteiger partial charge on any atom is 0.269 e. The molecule has 2 aromatic rings. The van der Waals surface area contributed by atoms with E-state index in [1.807, 2.05) is 25.1 Å². The van der Waals surface area contributed by atoms with Crippen LogP contribution in [-0.2, 0) is 0 Å². The first kappa shape index (κ1) is 14.3. The molecule has 0 aromatic heterocycles. The van der Waals surface area contributed by atoms with E-state index in [1.165, 1.54) is 24.3 Å². The van der Waals surface area contributed by atoms with Gasteiger partial charge in [0.15, 0.2) is 0 Å². The Kier molecular flexibility index (Phi) is 4.32. The maximum absolute atomic E-state index is 11.8. The smallest absolute Gasteiger partial charge is 0.267 e. The molecule has 0 aliphatic heterocycles. The van der Waals surface area contributed by atoms with Crippen molar-refractivity contribution in [1.82, 2.24) is 10.9 Å². The first-order valence-corrected chi connectivity index (χ1v) is 6.27. The highest BCUT2D eigenvalue weighted by Gasteiger charge is 2.08. The standard InChI is InChI=1S/C16H13N3O2/c1-11-2-6-13(7-3-11)15(20)18-19-16(21)14-8-4-12(10-17)5-9-14/h2-9H,1H3,(H,18,20)(H,19,21). The summed E-state index contributed by atoms with van der Waals surface area (Å²) in [6.07, 6.45) is 0. The number of rotatable bonds is 2. The minimum absolute atomic E-state index is 0.359. The predicted octanol–water partition coefficient (Wildman–Crippen LogP) is 1.94. The second-order valence-electron chi connectivity index (χ2n) is 4.46. The summed E-state index contributed by atoms with van der Waals surface area (Å²) in [6, 6.07) is 15.1. The number of carbonyl (C=O) groups is 2. The molecule has 0 fully saturated rings. The molecule has 0 bridgehead atoms. The zero-order valence-electron chi connectivity index (χ0n) is 11.4. The molecule has 0 saturated carbocycles. The summed E-state index contributed by atoms with van der Waals surface area (Å²) in [7, 11) is 0. The number of hydrogen-bond acceptors (Lipinski definition) is 3. The van der Waals surface area contributed by atoms with Gasteiger partial charge in [-0.2, -0.15) is 5.26 Å². The first-order chi connectivity index (χ1) is 10.1. The second kappa shape index (κ2) is 6.35. The van der Waals surface area contributed by atoms with Crippen molar-refractivity contribution in [2.75, 3.05) is 0 Å². The number of hydrogen-bond donors (Lipinski definition) is 2. The SMILES string of the molecule is Cc1ccc(C(=O)NNC(=O)c2ccc(C#N)cc2)cc1. The number of benzene rings is 2. The Balaban J connectivity index is 1.95. The molecule has 21 heavy (non-hydrogen) atoms. The summed E-state index contributed by atoms with van der Waals surface area (Å²) in [5.74, 6) is -0.836. The Morgan fingerprint density at radius 3 is 1.71 bits per heavy atom. The van der Waals surface area contributed by atoms with Gasteiger partial charge in [-0.3, -0.25) is 20.4 Å². The molecule has 2 amide bonds. The lowest BCUT2D eigenvalue weighted by Gasteiger charge is -2.07. The zero-order chi connectivity index (χ0) is 15.2. The van der Waals surface area contributed by atoms with Gasteiger partial charge >= 0.3 is 0 Å². The van der Waals surface area contributed by atoms with E-state index in [2.05, 4.69) is 10.9 Å². The van der Waals surface area contributed by atoms with E-state index >= 15 is 0 Å². The minimum Gasteiger partial charge on any atom is -0.267 e. The van der Waals surface area contributed by atoms with Crippen LogP contribution in [0.3, 0.4) is 0 Å². The Morgan fingerprint density at radius 2 is 1.29 bits per heavy atom. The predicted molar refractivity (Wildman–Crippen MR) is 77.3 cm³/mol. The molecule has 0 aliphatic rings. The van der Waals surface area contributed by atoms with Crippen molar-refractivity contribution in [3.8, 4) is 6.07 Å². The van der Waals surface area contributed by atoms with Crippen molar-refractivity contribution in [2.45, 2.75) is 6.92 Å². The van der Waals surface area contributed by atoms with Crippen molar-refractivity contribution in [1.29, 1.82) is 5.26 Å². The maximum atomic E-state index is 11.8. The number of aryl methyl sites for hydroxylation is 1. The molecule has 0 atom stereocenters. The molecule has 0 aliphatic carbocycles. The van der Waals surface area contributed by atoms with E-state index < -0.39 is 11.8 Å². The Hall–Kier alpha value is -3.13. The molecule has 5 heteroatoms. The van der Waals surface area contributed by atoms with E-state index in [-0.39, 0.29) is 0 Å². The first-order valence-electron chi connectivity index (χ1n) is 6.27. The quantitative estimate of drug-likeness (QED) is 0.824. The largest absolute Gasteiger partial charge is 0.269 e. The summed E-state index contributed by atoms with van der Waals surface area (Å²) in [5, 5.41) is 8.68. The molecule has 104 valence electrons. The fourth-order valence-electron chi connectivity index (χ4n) is 1.66. The number of nitrogens with zero attached hydrogens (tertiary/aromatic N) is 1. The summed E-state index contributed by atoms with van der Waals surface area (Å²) < 4.78 is 0. The average molecular weight is 279 g/mol. The van der Waals surface area contributed by atoms with Crippen molar-refractivity contribution >= 4 is 11.8 Å². The summed E-state index contributed by atoms with van der Waals surface area (Å²) >= 11 is 0. The van der Waals surface area contributed by atoms with E-state index in [0.29, 0.717) is 16.7 Å². The monoisotopic (exact) mass is 279 g/mol. The van der Waals surface area contributed by atoms with Crippen molar-refractivity contribution < 1.29 is 9.59 Å². The Bertz CT molecular complexity index is 698. The fourth-order valence-corrected chi connectivity index (χ4v) is 1.66. The number of hydrazine groups is 1. The highest BCUT2D eigenvalue weighted by molar-refractivity contribution is 5.99. The van der Waals surface area contributed by atoms with Crippen LogP contribution in [0.2, 0.25) is 0 Å². The van der Waals surface area contributed by atoms with Crippen LogP contribution in [0, 0.1) is 18.3 Å². The third-order valence-electron chi connectivity index (χ3n) is 2.88. The molecule has 5 nitrogen and oxygen atoms in total. The topological polar surface area (TPSA) is 82.0 Å². The van der Waals surface area contributed by atoms with Crippen LogP contribution < -0.4 is 10.9 Å². The van der Waals surface area contributed by atoms with Crippen LogP contribution in [0.1, 0.15) is 31.8 Å². The second-order valence-corrected chi connectivity index (χ2v) is 4.46. The molecule has 2 rings (SSSR count). The van der Waals surface area contributed by atoms with Crippen LogP contribution in [0.5, 0.6) is 0 Å². The normalized spacial score (nSPS) is 9.52. The molecule has 2 aromatic carbocycles. The van der Waals surface area contributed by atoms with Crippen LogP contribution >= 0.6 is 0 Å². The van der Waals surface area contributed by atoms with Gasteiger partial charge < -0.3 is 0 Å². The van der Waals surface area contributed by atoms with Gasteiger partial charge in [0, 0.05) is 11.1 Å². The highest BCUT2D eigenvalue weighted by atomic mass is 16.2. The van der Waals surface area contributed by atoms with Crippen LogP contribution in [-0.4, -0.2) is 11.8 Å².